The molecule has 1 aliphatic rings. The molecule has 8 heteroatoms. The summed E-state index contributed by atoms with van der Waals surface area (Å²) in [5, 5.41) is 9.59. The first-order chi connectivity index (χ1) is 12.8. The van der Waals surface area contributed by atoms with Gasteiger partial charge in [0.05, 0.1) is 11.3 Å². The maximum atomic E-state index is 14.0. The molecule has 0 aromatic carbocycles. The van der Waals surface area contributed by atoms with Gasteiger partial charge in [-0.1, -0.05) is 18.7 Å². The highest BCUT2D eigenvalue weighted by Gasteiger charge is 2.34. The number of carbonyl (C=O) groups is 1. The maximum Gasteiger partial charge on any atom is 0.188 e. The number of rotatable bonds is 4. The summed E-state index contributed by atoms with van der Waals surface area (Å²) >= 11 is 1.53. The lowest BCUT2D eigenvalue weighted by molar-refractivity contribution is 0.0984. The molecule has 27 heavy (non-hydrogen) atoms. The van der Waals surface area contributed by atoms with E-state index in [1.807, 2.05) is 6.92 Å². The monoisotopic (exact) mass is 383 g/mol. The minimum absolute atomic E-state index is 0.0229. The van der Waals surface area contributed by atoms with Crippen LogP contribution in [-0.2, 0) is 12.0 Å². The Bertz CT molecular complexity index is 971. The molecular formula is C19H18FN5OS. The van der Waals surface area contributed by atoms with Crippen LogP contribution in [0.1, 0.15) is 47.6 Å². The van der Waals surface area contributed by atoms with Crippen LogP contribution in [0.25, 0.3) is 0 Å². The van der Waals surface area contributed by atoms with Gasteiger partial charge in [-0.05, 0) is 37.1 Å². The third-order valence-electron chi connectivity index (χ3n) is 4.34. The number of ketones is 1. The van der Waals surface area contributed by atoms with Crippen LogP contribution in [0.2, 0.25) is 0 Å². The summed E-state index contributed by atoms with van der Waals surface area (Å²) in [5.74, 6) is -1.26. The Morgan fingerprint density at radius 1 is 1.48 bits per heavy atom. The summed E-state index contributed by atoms with van der Waals surface area (Å²) in [6.45, 7) is 4.04. The second-order valence-corrected chi connectivity index (χ2v) is 8.13. The van der Waals surface area contributed by atoms with Crippen LogP contribution in [0, 0.1) is 17.1 Å². The number of hydrogen-bond acceptors (Lipinski definition) is 7. The molecule has 0 fully saturated rings. The molecule has 0 saturated heterocycles. The predicted molar refractivity (Wildman–Crippen MR) is 102 cm³/mol. The number of nitrogens with two attached hydrogens (primary N) is 1. The first kappa shape index (κ1) is 19.0. The Kier molecular flexibility index (Phi) is 5.24. The van der Waals surface area contributed by atoms with E-state index in [0.717, 1.165) is 18.2 Å². The number of hydrogen-bond donors (Lipinski definition) is 1. The molecule has 0 amide bonds. The van der Waals surface area contributed by atoms with Crippen molar-refractivity contribution in [3.05, 3.63) is 58.9 Å². The molecule has 138 valence electrons. The van der Waals surface area contributed by atoms with E-state index in [2.05, 4.69) is 21.9 Å². The van der Waals surface area contributed by atoms with E-state index in [1.54, 1.807) is 24.4 Å². The van der Waals surface area contributed by atoms with Gasteiger partial charge in [0.2, 0.25) is 0 Å². The van der Waals surface area contributed by atoms with Crippen LogP contribution in [0.3, 0.4) is 0 Å². The number of Topliss-reactive ketones (excluding diaryl/α,β-unsaturated/α-hetero) is 1. The summed E-state index contributed by atoms with van der Waals surface area (Å²) in [5.41, 5.74) is 6.58. The minimum Gasteiger partial charge on any atom is -0.379 e. The summed E-state index contributed by atoms with van der Waals surface area (Å²) in [7, 11) is 0. The normalized spacial score (nSPS) is 22.0. The van der Waals surface area contributed by atoms with Gasteiger partial charge in [-0.3, -0.25) is 9.78 Å². The molecule has 0 aliphatic carbocycles. The van der Waals surface area contributed by atoms with E-state index in [9.17, 15) is 9.18 Å². The van der Waals surface area contributed by atoms with Gasteiger partial charge in [-0.25, -0.2) is 14.4 Å². The van der Waals surface area contributed by atoms with Gasteiger partial charge < -0.3 is 5.73 Å². The van der Waals surface area contributed by atoms with Crippen molar-refractivity contribution in [2.45, 2.75) is 37.5 Å². The van der Waals surface area contributed by atoms with Crippen LogP contribution in [0.15, 0.2) is 35.6 Å². The molecule has 1 aliphatic heterocycles. The second kappa shape index (κ2) is 7.45. The molecule has 2 aromatic heterocycles. The maximum absolute atomic E-state index is 14.0. The largest absolute Gasteiger partial charge is 0.379 e. The van der Waals surface area contributed by atoms with Crippen molar-refractivity contribution in [2.75, 3.05) is 0 Å². The van der Waals surface area contributed by atoms with Crippen LogP contribution < -0.4 is 5.73 Å². The van der Waals surface area contributed by atoms with Crippen molar-refractivity contribution in [3.63, 3.8) is 0 Å². The average molecular weight is 383 g/mol. The summed E-state index contributed by atoms with van der Waals surface area (Å²) < 4.78 is 14.0. The molecule has 2 aromatic rings. The van der Waals surface area contributed by atoms with E-state index in [-0.39, 0.29) is 17.7 Å². The van der Waals surface area contributed by atoms with Crippen molar-refractivity contribution < 1.29 is 9.18 Å². The van der Waals surface area contributed by atoms with Gasteiger partial charge in [-0.2, -0.15) is 5.26 Å². The minimum atomic E-state index is -0.796. The number of aromatic nitrogens is 2. The smallest absolute Gasteiger partial charge is 0.188 e. The quantitative estimate of drug-likeness (QED) is 0.814. The fourth-order valence-corrected chi connectivity index (χ4v) is 4.21. The third kappa shape index (κ3) is 4.14. The molecule has 3 heterocycles. The molecule has 6 nitrogen and oxygen atoms in total. The van der Waals surface area contributed by atoms with Crippen LogP contribution in [0.5, 0.6) is 0 Å². The first-order valence-corrected chi connectivity index (χ1v) is 9.25. The average Bonchev–Trinajstić information content (AvgIpc) is 2.60. The highest BCUT2D eigenvalue weighted by Crippen LogP contribution is 2.37. The van der Waals surface area contributed by atoms with Crippen LogP contribution in [-0.4, -0.2) is 26.2 Å². The number of amidine groups is 1. The van der Waals surface area contributed by atoms with E-state index in [0.29, 0.717) is 16.0 Å². The van der Waals surface area contributed by atoms with Crippen molar-refractivity contribution in [3.8, 4) is 6.07 Å². The number of aliphatic imine (C=N–C) groups is 1. The second-order valence-electron chi connectivity index (χ2n) is 6.67. The highest BCUT2D eigenvalue weighted by molar-refractivity contribution is 8.14. The third-order valence-corrected chi connectivity index (χ3v) is 5.24. The summed E-state index contributed by atoms with van der Waals surface area (Å²) in [6, 6.07) is 6.32. The predicted octanol–water partition coefficient (Wildman–Crippen LogP) is 2.97. The summed E-state index contributed by atoms with van der Waals surface area (Å²) in [4.78, 5) is 25.2. The molecular weight excluding hydrogens is 365 g/mol. The number of nitriles is 1. The van der Waals surface area contributed by atoms with Gasteiger partial charge >= 0.3 is 0 Å². The molecule has 0 spiro atoms. The van der Waals surface area contributed by atoms with Gasteiger partial charge in [-0.15, -0.1) is 0 Å². The Morgan fingerprint density at radius 2 is 2.26 bits per heavy atom. The SMILES string of the molecule is C[C@@H]1C[C@@](C)(c2cc(CC(=O)c3ncc(C#N)cc3F)ccn2)N=C(N)S1. The van der Waals surface area contributed by atoms with E-state index >= 15 is 0 Å². The van der Waals surface area contributed by atoms with Gasteiger partial charge in [0.1, 0.15) is 17.3 Å². The zero-order valence-electron chi connectivity index (χ0n) is 14.9. The van der Waals surface area contributed by atoms with Crippen molar-refractivity contribution in [2.24, 2.45) is 10.7 Å². The Morgan fingerprint density at radius 3 is 2.93 bits per heavy atom. The van der Waals surface area contributed by atoms with Gasteiger partial charge in [0.15, 0.2) is 16.8 Å². The van der Waals surface area contributed by atoms with Crippen LogP contribution in [0.4, 0.5) is 4.39 Å². The number of thioether (sulfide) groups is 1. The fourth-order valence-electron chi connectivity index (χ4n) is 3.14. The lowest BCUT2D eigenvalue weighted by Crippen LogP contribution is -2.33. The van der Waals surface area contributed by atoms with Crippen molar-refractivity contribution >= 4 is 22.7 Å². The fraction of sp³-hybridized carbons (Fsp3) is 0.316. The van der Waals surface area contributed by atoms with Gasteiger partial charge in [0.25, 0.3) is 0 Å². The van der Waals surface area contributed by atoms with E-state index < -0.39 is 17.1 Å². The molecule has 2 atom stereocenters. The van der Waals surface area contributed by atoms with Crippen molar-refractivity contribution in [1.29, 1.82) is 5.26 Å². The number of pyridine rings is 2. The number of carbonyl (C=O) groups excluding carboxylic acids is 1. The topological polar surface area (TPSA) is 105 Å². The zero-order chi connectivity index (χ0) is 19.6. The van der Waals surface area contributed by atoms with Crippen LogP contribution >= 0.6 is 11.8 Å². The molecule has 0 radical (unpaired) electrons. The molecule has 0 saturated carbocycles. The molecule has 3 rings (SSSR count). The first-order valence-electron chi connectivity index (χ1n) is 8.37. The number of nitrogens with zero attached hydrogens (tertiary/aromatic N) is 4. The lowest BCUT2D eigenvalue weighted by Gasteiger charge is -2.32. The summed E-state index contributed by atoms with van der Waals surface area (Å²) in [6.07, 6.45) is 3.55. The Hall–Kier alpha value is -2.79. The van der Waals surface area contributed by atoms with E-state index in [1.165, 1.54) is 18.0 Å². The lowest BCUT2D eigenvalue weighted by atomic mass is 9.90. The Balaban J connectivity index is 1.85. The highest BCUT2D eigenvalue weighted by atomic mass is 32.2. The van der Waals surface area contributed by atoms with Crippen molar-refractivity contribution in [1.82, 2.24) is 9.97 Å². The Labute approximate surface area is 160 Å². The number of halogens is 1. The van der Waals surface area contributed by atoms with Gasteiger partial charge in [0, 0.05) is 24.1 Å². The molecule has 0 unspecified atom stereocenters. The zero-order valence-corrected chi connectivity index (χ0v) is 15.8. The standard InChI is InChI=1S/C19H18FN5OS/c1-11-8-19(2,25-18(22)27-11)16-7-12(3-4-23-16)6-15(26)17-14(20)5-13(9-21)10-24-17/h3-5,7,10-11H,6,8H2,1-2H3,(H2,22,25)/t11-,19+/m1/s1. The molecule has 0 bridgehead atoms. The van der Waals surface area contributed by atoms with E-state index in [4.69, 9.17) is 11.0 Å². The molecule has 2 N–H and O–H groups in total.